The molecule has 1 fully saturated rings. The van der Waals surface area contributed by atoms with Crippen molar-refractivity contribution >= 4 is 34.8 Å². The molecule has 2 unspecified atom stereocenters. The lowest BCUT2D eigenvalue weighted by molar-refractivity contribution is -0.149. The standard InChI is InChI=1S/C16H14ClN4O4/c17-13-14(10-2-1-3-12(8-10)21(24)25)20(16(13)23)19-15(22)9-4-6-11(18)7-5-9/h1-8,13-14,24H,18H2,(H,19,22)/q-1. The van der Waals surface area contributed by atoms with Crippen LogP contribution in [0.4, 0.5) is 11.4 Å². The molecule has 0 aliphatic carbocycles. The van der Waals surface area contributed by atoms with Crippen LogP contribution in [-0.4, -0.2) is 27.4 Å². The zero-order valence-electron chi connectivity index (χ0n) is 12.8. The molecule has 1 saturated heterocycles. The summed E-state index contributed by atoms with van der Waals surface area (Å²) in [5.74, 6) is -0.963. The summed E-state index contributed by atoms with van der Waals surface area (Å²) in [6, 6.07) is 11.5. The molecule has 0 saturated carbocycles. The normalized spacial score (nSPS) is 19.3. The summed E-state index contributed by atoms with van der Waals surface area (Å²) >= 11 is 6.06. The number of hydrogen-bond acceptors (Lipinski definition) is 6. The summed E-state index contributed by atoms with van der Waals surface area (Å²) < 4.78 is 0. The molecule has 8 nitrogen and oxygen atoms in total. The number of amides is 2. The number of rotatable bonds is 4. The molecule has 0 bridgehead atoms. The van der Waals surface area contributed by atoms with Crippen molar-refractivity contribution in [3.8, 4) is 0 Å². The van der Waals surface area contributed by atoms with Gasteiger partial charge in [-0.2, -0.15) is 0 Å². The van der Waals surface area contributed by atoms with Gasteiger partial charge in [-0.15, -0.1) is 11.6 Å². The Bertz CT molecular complexity index is 812. The third kappa shape index (κ3) is 3.22. The number of alkyl halides is 1. The van der Waals surface area contributed by atoms with Gasteiger partial charge in [0.15, 0.2) is 0 Å². The van der Waals surface area contributed by atoms with Gasteiger partial charge in [0.05, 0.1) is 5.69 Å². The lowest BCUT2D eigenvalue weighted by atomic mass is 9.95. The topological polar surface area (TPSA) is 122 Å². The fourth-order valence-corrected chi connectivity index (χ4v) is 2.90. The van der Waals surface area contributed by atoms with Gasteiger partial charge in [0.2, 0.25) is 0 Å². The number of nitrogens with one attached hydrogen (secondary N) is 1. The molecule has 1 aliphatic rings. The van der Waals surface area contributed by atoms with Gasteiger partial charge < -0.3 is 16.2 Å². The number of nitrogen functional groups attached to an aromatic ring is 1. The van der Waals surface area contributed by atoms with E-state index in [1.54, 1.807) is 18.2 Å². The summed E-state index contributed by atoms with van der Waals surface area (Å²) in [7, 11) is 0. The van der Waals surface area contributed by atoms with Gasteiger partial charge in [0.25, 0.3) is 11.8 Å². The molecule has 2 amide bonds. The highest BCUT2D eigenvalue weighted by Crippen LogP contribution is 2.38. The Morgan fingerprint density at radius 2 is 1.96 bits per heavy atom. The van der Waals surface area contributed by atoms with Crippen molar-refractivity contribution in [3.63, 3.8) is 0 Å². The highest BCUT2D eigenvalue weighted by molar-refractivity contribution is 6.33. The summed E-state index contributed by atoms with van der Waals surface area (Å²) in [5.41, 5.74) is 9.41. The second-order valence-electron chi connectivity index (χ2n) is 5.49. The van der Waals surface area contributed by atoms with Crippen molar-refractivity contribution in [2.24, 2.45) is 0 Å². The van der Waals surface area contributed by atoms with E-state index in [-0.39, 0.29) is 10.9 Å². The fraction of sp³-hybridized carbons (Fsp3) is 0.125. The van der Waals surface area contributed by atoms with Crippen LogP contribution in [0.2, 0.25) is 0 Å². The largest absolute Gasteiger partial charge is 0.733 e. The fourth-order valence-electron chi connectivity index (χ4n) is 2.53. The van der Waals surface area contributed by atoms with Crippen molar-refractivity contribution in [2.45, 2.75) is 11.4 Å². The highest BCUT2D eigenvalue weighted by Gasteiger charge is 2.48. The lowest BCUT2D eigenvalue weighted by Crippen LogP contribution is -2.63. The Labute approximate surface area is 147 Å². The number of carbonyl (C=O) groups excluding carboxylic acids is 2. The maximum absolute atomic E-state index is 12.3. The predicted molar refractivity (Wildman–Crippen MR) is 91.6 cm³/mol. The quantitative estimate of drug-likeness (QED) is 0.330. The van der Waals surface area contributed by atoms with Gasteiger partial charge in [0, 0.05) is 11.3 Å². The summed E-state index contributed by atoms with van der Waals surface area (Å²) in [6.07, 6.45) is 0. The first-order chi connectivity index (χ1) is 11.9. The molecule has 0 spiro atoms. The average Bonchev–Trinajstić information content (AvgIpc) is 2.61. The minimum Gasteiger partial charge on any atom is -0.733 e. The predicted octanol–water partition coefficient (Wildman–Crippen LogP) is 1.80. The monoisotopic (exact) mass is 361 g/mol. The van der Waals surface area contributed by atoms with Gasteiger partial charge in [-0.3, -0.25) is 20.2 Å². The van der Waals surface area contributed by atoms with E-state index in [1.165, 1.54) is 30.3 Å². The van der Waals surface area contributed by atoms with Crippen LogP contribution >= 0.6 is 11.6 Å². The van der Waals surface area contributed by atoms with Crippen molar-refractivity contribution in [1.29, 1.82) is 0 Å². The molecule has 9 heteroatoms. The number of hydrazine groups is 1. The van der Waals surface area contributed by atoms with Gasteiger partial charge >= 0.3 is 0 Å². The molecule has 2 aromatic carbocycles. The van der Waals surface area contributed by atoms with Crippen LogP contribution in [0.25, 0.3) is 0 Å². The van der Waals surface area contributed by atoms with E-state index in [9.17, 15) is 14.8 Å². The van der Waals surface area contributed by atoms with E-state index in [1.807, 2.05) is 0 Å². The third-order valence-corrected chi connectivity index (χ3v) is 4.28. The van der Waals surface area contributed by atoms with Crippen LogP contribution < -0.4 is 16.4 Å². The Morgan fingerprint density at radius 1 is 1.28 bits per heavy atom. The molecule has 2 atom stereocenters. The molecule has 0 aromatic heterocycles. The number of hydrogen-bond donors (Lipinski definition) is 3. The van der Waals surface area contributed by atoms with E-state index in [2.05, 4.69) is 5.43 Å². The SMILES string of the molecule is Nc1ccc(C(=O)NN2C(=O)C(Cl)C2c2cccc(N([O-])O)c2)cc1. The van der Waals surface area contributed by atoms with Crippen LogP contribution in [0.3, 0.4) is 0 Å². The molecular formula is C16H14ClN4O4-. The van der Waals surface area contributed by atoms with Crippen LogP contribution in [0.1, 0.15) is 22.0 Å². The van der Waals surface area contributed by atoms with Gasteiger partial charge in [-0.05, 0) is 42.0 Å². The summed E-state index contributed by atoms with van der Waals surface area (Å²) in [4.78, 5) is 24.3. The van der Waals surface area contributed by atoms with Crippen LogP contribution in [0, 0.1) is 5.21 Å². The van der Waals surface area contributed by atoms with Crippen molar-refractivity contribution in [2.75, 3.05) is 11.0 Å². The van der Waals surface area contributed by atoms with E-state index in [0.29, 0.717) is 16.8 Å². The second-order valence-corrected chi connectivity index (χ2v) is 5.96. The number of nitrogens with two attached hydrogens (primary N) is 1. The Morgan fingerprint density at radius 3 is 2.60 bits per heavy atom. The Kier molecular flexibility index (Phi) is 4.49. The lowest BCUT2D eigenvalue weighted by Gasteiger charge is -2.44. The molecule has 2 aromatic rings. The minimum atomic E-state index is -0.888. The Balaban J connectivity index is 1.80. The van der Waals surface area contributed by atoms with Crippen molar-refractivity contribution in [3.05, 3.63) is 64.9 Å². The molecule has 25 heavy (non-hydrogen) atoms. The molecule has 130 valence electrons. The van der Waals surface area contributed by atoms with E-state index in [4.69, 9.17) is 22.5 Å². The molecule has 3 rings (SSSR count). The first kappa shape index (κ1) is 17.0. The Hall–Kier alpha value is -2.81. The van der Waals surface area contributed by atoms with Crippen molar-refractivity contribution in [1.82, 2.24) is 10.4 Å². The molecule has 4 N–H and O–H groups in total. The second kappa shape index (κ2) is 6.60. The van der Waals surface area contributed by atoms with E-state index >= 15 is 0 Å². The zero-order chi connectivity index (χ0) is 18.1. The summed E-state index contributed by atoms with van der Waals surface area (Å²) in [6.45, 7) is 0. The number of halogens is 1. The number of anilines is 2. The van der Waals surface area contributed by atoms with Crippen LogP contribution in [0.15, 0.2) is 48.5 Å². The number of benzene rings is 2. The van der Waals surface area contributed by atoms with E-state index in [0.717, 1.165) is 5.01 Å². The maximum atomic E-state index is 12.3. The number of nitrogens with zero attached hydrogens (tertiary/aromatic N) is 2. The third-order valence-electron chi connectivity index (χ3n) is 3.86. The zero-order valence-corrected chi connectivity index (χ0v) is 13.6. The molecule has 1 aliphatic heterocycles. The summed E-state index contributed by atoms with van der Waals surface area (Å²) in [5, 5.41) is 20.0. The smallest absolute Gasteiger partial charge is 0.269 e. The van der Waals surface area contributed by atoms with Gasteiger partial charge in [0.1, 0.15) is 11.4 Å². The van der Waals surface area contributed by atoms with E-state index < -0.39 is 23.2 Å². The molecule has 0 radical (unpaired) electrons. The average molecular weight is 362 g/mol. The highest BCUT2D eigenvalue weighted by atomic mass is 35.5. The van der Waals surface area contributed by atoms with Gasteiger partial charge in [-0.25, -0.2) is 5.01 Å². The van der Waals surface area contributed by atoms with Gasteiger partial charge in [-0.1, -0.05) is 12.1 Å². The first-order valence-corrected chi connectivity index (χ1v) is 7.72. The number of carbonyl (C=O) groups is 2. The number of β-lactam (4-membered cyclic amide) rings is 1. The van der Waals surface area contributed by atoms with Crippen molar-refractivity contribution < 1.29 is 14.8 Å². The molecule has 1 heterocycles. The van der Waals surface area contributed by atoms with Crippen LogP contribution in [-0.2, 0) is 4.79 Å². The molecular weight excluding hydrogens is 348 g/mol. The first-order valence-electron chi connectivity index (χ1n) is 7.28. The minimum absolute atomic E-state index is 0.00877. The maximum Gasteiger partial charge on any atom is 0.269 e. The van der Waals surface area contributed by atoms with Crippen LogP contribution in [0.5, 0.6) is 0 Å².